The Morgan fingerprint density at radius 3 is 1.77 bits per heavy atom. The van der Waals surface area contributed by atoms with Gasteiger partial charge in [0.05, 0.1) is 6.66 Å². The van der Waals surface area contributed by atoms with Crippen LogP contribution in [0.3, 0.4) is 0 Å². The molecule has 156 valence electrons. The average molecular weight is 479 g/mol. The van der Waals surface area contributed by atoms with Crippen molar-refractivity contribution in [1.29, 1.82) is 0 Å². The van der Waals surface area contributed by atoms with Crippen molar-refractivity contribution < 1.29 is 17.0 Å². The lowest BCUT2D eigenvalue weighted by molar-refractivity contribution is -0.00000619. The van der Waals surface area contributed by atoms with Crippen molar-refractivity contribution in [3.8, 4) is 0 Å². The third-order valence-corrected chi connectivity index (χ3v) is 10.7. The van der Waals surface area contributed by atoms with Gasteiger partial charge >= 0.3 is 0 Å². The summed E-state index contributed by atoms with van der Waals surface area (Å²) in [6, 6.07) is 31.5. The van der Waals surface area contributed by atoms with Crippen LogP contribution in [0.4, 0.5) is 0 Å². The SMILES string of the molecule is CC1=C(c2ccccc2[P+](C)(c2ccccc2)c2ccccc2)C(C)(C)CCC1.[Br-]. The summed E-state index contributed by atoms with van der Waals surface area (Å²) in [5.41, 5.74) is 4.84. The molecule has 0 atom stereocenters. The van der Waals surface area contributed by atoms with Crippen LogP contribution in [0.25, 0.3) is 5.57 Å². The van der Waals surface area contributed by atoms with E-state index in [0.29, 0.717) is 0 Å². The molecule has 3 aromatic rings. The van der Waals surface area contributed by atoms with Gasteiger partial charge in [0.25, 0.3) is 0 Å². The lowest BCUT2D eigenvalue weighted by atomic mass is 9.70. The first-order valence-electron chi connectivity index (χ1n) is 10.7. The maximum atomic E-state index is 2.50. The maximum absolute atomic E-state index is 2.50. The van der Waals surface area contributed by atoms with E-state index < -0.39 is 7.26 Å². The van der Waals surface area contributed by atoms with Crippen LogP contribution in [0.2, 0.25) is 0 Å². The van der Waals surface area contributed by atoms with E-state index in [4.69, 9.17) is 0 Å². The van der Waals surface area contributed by atoms with Gasteiger partial charge in [-0.25, -0.2) is 0 Å². The number of allylic oxidation sites excluding steroid dienone is 2. The van der Waals surface area contributed by atoms with E-state index >= 15 is 0 Å². The molecule has 0 saturated carbocycles. The molecule has 0 spiro atoms. The van der Waals surface area contributed by atoms with E-state index in [1.807, 2.05) is 0 Å². The summed E-state index contributed by atoms with van der Waals surface area (Å²) in [6.45, 7) is 9.72. The first-order chi connectivity index (χ1) is 13.9. The molecule has 0 N–H and O–H groups in total. The summed E-state index contributed by atoms with van der Waals surface area (Å²) < 4.78 is 0. The zero-order valence-electron chi connectivity index (χ0n) is 18.5. The van der Waals surface area contributed by atoms with Gasteiger partial charge in [-0.1, -0.05) is 74.0 Å². The Morgan fingerprint density at radius 1 is 0.733 bits per heavy atom. The van der Waals surface area contributed by atoms with Crippen molar-refractivity contribution in [3.05, 3.63) is 96.1 Å². The van der Waals surface area contributed by atoms with E-state index in [9.17, 15) is 0 Å². The molecule has 30 heavy (non-hydrogen) atoms. The highest BCUT2D eigenvalue weighted by molar-refractivity contribution is 7.95. The molecule has 0 amide bonds. The third-order valence-electron chi connectivity index (χ3n) is 6.66. The maximum Gasteiger partial charge on any atom is 0.112 e. The van der Waals surface area contributed by atoms with Crippen molar-refractivity contribution in [2.75, 3.05) is 6.66 Å². The van der Waals surface area contributed by atoms with Gasteiger partial charge in [-0.15, -0.1) is 0 Å². The van der Waals surface area contributed by atoms with Crippen LogP contribution in [0.15, 0.2) is 90.5 Å². The first-order valence-corrected chi connectivity index (χ1v) is 13.0. The van der Waals surface area contributed by atoms with E-state index in [2.05, 4.69) is 112 Å². The van der Waals surface area contributed by atoms with Crippen molar-refractivity contribution >= 4 is 28.7 Å². The molecule has 0 unspecified atom stereocenters. The molecule has 1 aliphatic rings. The Kier molecular flexibility index (Phi) is 7.05. The first kappa shape index (κ1) is 23.0. The minimum absolute atomic E-state index is 0. The second-order valence-corrected chi connectivity index (χ2v) is 12.6. The van der Waals surface area contributed by atoms with Gasteiger partial charge in [0.2, 0.25) is 0 Å². The Balaban J connectivity index is 0.00000256. The Labute approximate surface area is 193 Å². The van der Waals surface area contributed by atoms with Gasteiger partial charge in [-0.05, 0) is 67.5 Å². The summed E-state index contributed by atoms with van der Waals surface area (Å²) in [5.74, 6) is 0. The van der Waals surface area contributed by atoms with Crippen LogP contribution in [0, 0.1) is 5.41 Å². The Bertz CT molecular complexity index is 979. The standard InChI is InChI=1S/C28H32P.BrH/c1-22-14-13-21-28(2,3)27(22)25-19-11-12-20-26(25)29(4,23-15-7-5-8-16-23)24-17-9-6-10-18-24;/h5-12,15-20H,13-14,21H2,1-4H3;1H/q+1;/p-1. The van der Waals surface area contributed by atoms with E-state index in [-0.39, 0.29) is 22.4 Å². The molecule has 0 saturated heterocycles. The lowest BCUT2D eigenvalue weighted by Gasteiger charge is -2.36. The smallest absolute Gasteiger partial charge is 0.112 e. The van der Waals surface area contributed by atoms with Gasteiger partial charge in [0.1, 0.15) is 23.2 Å². The summed E-state index contributed by atoms with van der Waals surface area (Å²) in [5, 5.41) is 4.41. The molecule has 0 heterocycles. The minimum atomic E-state index is -1.75. The van der Waals surface area contributed by atoms with Crippen molar-refractivity contribution in [3.63, 3.8) is 0 Å². The molecule has 2 heteroatoms. The fourth-order valence-electron chi connectivity index (χ4n) is 5.17. The molecule has 4 rings (SSSR count). The highest BCUT2D eigenvalue weighted by Crippen LogP contribution is 2.55. The fourth-order valence-corrected chi connectivity index (χ4v) is 8.62. The average Bonchev–Trinajstić information content (AvgIpc) is 2.74. The highest BCUT2D eigenvalue weighted by Gasteiger charge is 2.44. The number of halogens is 1. The van der Waals surface area contributed by atoms with Crippen LogP contribution in [-0.4, -0.2) is 6.66 Å². The van der Waals surface area contributed by atoms with E-state index in [0.717, 1.165) is 0 Å². The lowest BCUT2D eigenvalue weighted by Crippen LogP contribution is -3.00. The molecule has 0 bridgehead atoms. The molecule has 0 radical (unpaired) electrons. The quantitative estimate of drug-likeness (QED) is 0.502. The summed E-state index contributed by atoms with van der Waals surface area (Å²) in [4.78, 5) is 0. The zero-order chi connectivity index (χ0) is 20.5. The molecular formula is C28H32BrP. The molecular weight excluding hydrogens is 447 g/mol. The van der Waals surface area contributed by atoms with Gasteiger partial charge < -0.3 is 17.0 Å². The number of benzene rings is 3. The summed E-state index contributed by atoms with van der Waals surface area (Å²) in [6.07, 6.45) is 3.78. The fraction of sp³-hybridized carbons (Fsp3) is 0.286. The predicted octanol–water partition coefficient (Wildman–Crippen LogP) is 3.60. The van der Waals surface area contributed by atoms with Crippen molar-refractivity contribution in [2.24, 2.45) is 5.41 Å². The van der Waals surface area contributed by atoms with E-state index in [1.54, 1.807) is 11.1 Å². The molecule has 0 aliphatic heterocycles. The van der Waals surface area contributed by atoms with Crippen LogP contribution in [-0.2, 0) is 0 Å². The molecule has 3 aromatic carbocycles. The van der Waals surface area contributed by atoms with Gasteiger partial charge in [0, 0.05) is 5.56 Å². The molecule has 0 nitrogen and oxygen atoms in total. The van der Waals surface area contributed by atoms with Crippen LogP contribution < -0.4 is 32.9 Å². The number of hydrogen-bond acceptors (Lipinski definition) is 0. The Morgan fingerprint density at radius 2 is 1.23 bits per heavy atom. The predicted molar refractivity (Wildman–Crippen MR) is 131 cm³/mol. The largest absolute Gasteiger partial charge is 1.00 e. The van der Waals surface area contributed by atoms with Crippen LogP contribution in [0.1, 0.15) is 45.6 Å². The molecule has 1 aliphatic carbocycles. The number of rotatable bonds is 4. The van der Waals surface area contributed by atoms with Crippen LogP contribution in [0.5, 0.6) is 0 Å². The van der Waals surface area contributed by atoms with Crippen molar-refractivity contribution in [2.45, 2.75) is 40.0 Å². The highest BCUT2D eigenvalue weighted by atomic mass is 79.9. The monoisotopic (exact) mass is 478 g/mol. The van der Waals surface area contributed by atoms with Crippen molar-refractivity contribution in [1.82, 2.24) is 0 Å². The van der Waals surface area contributed by atoms with Crippen LogP contribution >= 0.6 is 7.26 Å². The molecule has 0 fully saturated rings. The zero-order valence-corrected chi connectivity index (χ0v) is 21.0. The number of hydrogen-bond donors (Lipinski definition) is 0. The molecule has 0 aromatic heterocycles. The topological polar surface area (TPSA) is 0 Å². The van der Waals surface area contributed by atoms with E-state index in [1.165, 1.54) is 40.7 Å². The third kappa shape index (κ3) is 4.08. The van der Waals surface area contributed by atoms with Gasteiger partial charge in [0.15, 0.2) is 0 Å². The second-order valence-electron chi connectivity index (χ2n) is 9.09. The van der Waals surface area contributed by atoms with Gasteiger partial charge in [-0.2, -0.15) is 0 Å². The van der Waals surface area contributed by atoms with Gasteiger partial charge in [-0.3, -0.25) is 0 Å². The summed E-state index contributed by atoms with van der Waals surface area (Å²) in [7, 11) is -1.75. The Hall–Kier alpha value is -1.69. The summed E-state index contributed by atoms with van der Waals surface area (Å²) >= 11 is 0. The second kappa shape index (κ2) is 9.21. The normalized spacial score (nSPS) is 16.1. The minimum Gasteiger partial charge on any atom is -1.00 e.